The Hall–Kier alpha value is -1.28. The number of carbonyl (C=O) groups is 1. The molecule has 1 unspecified atom stereocenters. The summed E-state index contributed by atoms with van der Waals surface area (Å²) in [5, 5.41) is 17.7. The number of aromatic nitrogens is 3. The molecule has 1 aromatic rings. The summed E-state index contributed by atoms with van der Waals surface area (Å²) in [4.78, 5) is 15.3. The molecule has 8 heteroatoms. The van der Waals surface area contributed by atoms with Gasteiger partial charge in [0.1, 0.15) is 0 Å². The molecule has 1 aliphatic heterocycles. The molecule has 21 heavy (non-hydrogen) atoms. The highest BCUT2D eigenvalue weighted by molar-refractivity contribution is 7.99. The second-order valence-electron chi connectivity index (χ2n) is 5.13. The first kappa shape index (κ1) is 16.1. The van der Waals surface area contributed by atoms with Crippen LogP contribution in [0, 0.1) is 0 Å². The third-order valence-corrected chi connectivity index (χ3v) is 4.92. The van der Waals surface area contributed by atoms with Gasteiger partial charge in [0.15, 0.2) is 5.16 Å². The summed E-state index contributed by atoms with van der Waals surface area (Å²) in [6.07, 6.45) is 1.13. The van der Waals surface area contributed by atoms with E-state index in [1.54, 1.807) is 0 Å². The number of anilines is 1. The monoisotopic (exact) mass is 313 g/mol. The molecule has 1 atom stereocenters. The Kier molecular flexibility index (Phi) is 5.46. The second kappa shape index (κ2) is 7.13. The minimum atomic E-state index is -0.840. The molecule has 1 fully saturated rings. The maximum absolute atomic E-state index is 10.6. The molecule has 0 spiro atoms. The summed E-state index contributed by atoms with van der Waals surface area (Å²) in [5.41, 5.74) is 0. The van der Waals surface area contributed by atoms with E-state index in [1.165, 1.54) is 11.8 Å². The molecule has 0 radical (unpaired) electrons. The lowest BCUT2D eigenvalue weighted by atomic mass is 10.2. The van der Waals surface area contributed by atoms with Crippen molar-refractivity contribution in [1.29, 1.82) is 0 Å². The average Bonchev–Trinajstić information content (AvgIpc) is 3.05. The lowest BCUT2D eigenvalue weighted by molar-refractivity contribution is -0.133. The fourth-order valence-corrected chi connectivity index (χ4v) is 3.42. The van der Waals surface area contributed by atoms with E-state index in [2.05, 4.69) is 33.8 Å². The Balaban J connectivity index is 2.01. The van der Waals surface area contributed by atoms with Crippen molar-refractivity contribution in [2.45, 2.75) is 31.5 Å². The first-order valence-corrected chi connectivity index (χ1v) is 8.28. The molecule has 1 saturated heterocycles. The molecule has 0 bridgehead atoms. The third kappa shape index (κ3) is 3.68. The summed E-state index contributed by atoms with van der Waals surface area (Å²) in [5.74, 6) is -0.00140. The first-order chi connectivity index (χ1) is 10.1. The van der Waals surface area contributed by atoms with E-state index in [-0.39, 0.29) is 5.75 Å². The maximum atomic E-state index is 10.6. The summed E-state index contributed by atoms with van der Waals surface area (Å²) in [7, 11) is 1.89. The van der Waals surface area contributed by atoms with Gasteiger partial charge in [0.05, 0.1) is 5.75 Å². The molecule has 118 valence electrons. The van der Waals surface area contributed by atoms with Gasteiger partial charge in [-0.3, -0.25) is 14.3 Å². The lowest BCUT2D eigenvalue weighted by Gasteiger charge is -2.26. The van der Waals surface area contributed by atoms with Crippen LogP contribution in [0.15, 0.2) is 5.16 Å². The van der Waals surface area contributed by atoms with Crippen LogP contribution in [0.25, 0.3) is 0 Å². The molecular formula is C13H23N5O2S. The highest BCUT2D eigenvalue weighted by atomic mass is 32.2. The van der Waals surface area contributed by atoms with E-state index in [0.717, 1.165) is 38.5 Å². The van der Waals surface area contributed by atoms with Gasteiger partial charge < -0.3 is 10.0 Å². The zero-order chi connectivity index (χ0) is 15.4. The minimum Gasteiger partial charge on any atom is -0.481 e. The summed E-state index contributed by atoms with van der Waals surface area (Å²) in [6.45, 7) is 8.43. The van der Waals surface area contributed by atoms with Crippen LogP contribution in [0.3, 0.4) is 0 Å². The number of carboxylic acids is 1. The highest BCUT2D eigenvalue weighted by Crippen LogP contribution is 2.24. The van der Waals surface area contributed by atoms with E-state index in [1.807, 2.05) is 11.6 Å². The van der Waals surface area contributed by atoms with E-state index in [0.29, 0.717) is 11.2 Å². The Morgan fingerprint density at radius 3 is 2.76 bits per heavy atom. The number of hydrogen-bond donors (Lipinski definition) is 1. The lowest BCUT2D eigenvalue weighted by Crippen LogP contribution is -2.37. The van der Waals surface area contributed by atoms with Gasteiger partial charge in [-0.1, -0.05) is 25.6 Å². The van der Waals surface area contributed by atoms with Crippen molar-refractivity contribution in [3.05, 3.63) is 0 Å². The summed E-state index contributed by atoms with van der Waals surface area (Å²) < 4.78 is 1.89. The van der Waals surface area contributed by atoms with Crippen molar-refractivity contribution in [2.75, 3.05) is 36.8 Å². The fourth-order valence-electron chi connectivity index (χ4n) is 2.80. The van der Waals surface area contributed by atoms with Gasteiger partial charge in [0.25, 0.3) is 0 Å². The average molecular weight is 313 g/mol. The predicted octanol–water partition coefficient (Wildman–Crippen LogP) is 0.912. The van der Waals surface area contributed by atoms with Gasteiger partial charge in [0.2, 0.25) is 5.95 Å². The van der Waals surface area contributed by atoms with Gasteiger partial charge in [-0.15, -0.1) is 10.2 Å². The number of thioether (sulfide) groups is 1. The SMILES string of the molecule is CCN(CC)C1CCN(c2nnc(SCC(=O)O)n2C)C1. The van der Waals surface area contributed by atoms with Gasteiger partial charge in [-0.2, -0.15) is 0 Å². The largest absolute Gasteiger partial charge is 0.481 e. The van der Waals surface area contributed by atoms with E-state index in [4.69, 9.17) is 5.11 Å². The van der Waals surface area contributed by atoms with Crippen LogP contribution in [-0.2, 0) is 11.8 Å². The maximum Gasteiger partial charge on any atom is 0.313 e. The molecule has 0 aliphatic carbocycles. The number of carboxylic acid groups (broad SMARTS) is 1. The topological polar surface area (TPSA) is 74.5 Å². The second-order valence-corrected chi connectivity index (χ2v) is 6.08. The molecule has 0 amide bonds. The van der Waals surface area contributed by atoms with Crippen molar-refractivity contribution in [3.8, 4) is 0 Å². The molecule has 0 saturated carbocycles. The Labute approximate surface area is 129 Å². The van der Waals surface area contributed by atoms with Crippen molar-refractivity contribution in [3.63, 3.8) is 0 Å². The standard InChI is InChI=1S/C13H23N5O2S/c1-4-17(5-2)10-6-7-18(8-10)12-14-15-13(16(12)3)21-9-11(19)20/h10H,4-9H2,1-3H3,(H,19,20). The number of hydrogen-bond acceptors (Lipinski definition) is 6. The number of aliphatic carboxylic acids is 1. The van der Waals surface area contributed by atoms with Crippen molar-refractivity contribution in [2.24, 2.45) is 7.05 Å². The molecule has 2 rings (SSSR count). The normalized spacial score (nSPS) is 18.7. The van der Waals surface area contributed by atoms with Gasteiger partial charge >= 0.3 is 5.97 Å². The van der Waals surface area contributed by atoms with Crippen LogP contribution in [0.2, 0.25) is 0 Å². The number of likely N-dealkylation sites (N-methyl/N-ethyl adjacent to an activating group) is 1. The van der Waals surface area contributed by atoms with Crippen molar-refractivity contribution < 1.29 is 9.90 Å². The summed E-state index contributed by atoms with van der Waals surface area (Å²) >= 11 is 1.20. The van der Waals surface area contributed by atoms with Gasteiger partial charge in [-0.25, -0.2) is 0 Å². The quantitative estimate of drug-likeness (QED) is 0.750. The Morgan fingerprint density at radius 1 is 1.43 bits per heavy atom. The van der Waals surface area contributed by atoms with Crippen LogP contribution >= 0.6 is 11.8 Å². The first-order valence-electron chi connectivity index (χ1n) is 7.29. The predicted molar refractivity (Wildman–Crippen MR) is 82.9 cm³/mol. The van der Waals surface area contributed by atoms with Crippen LogP contribution < -0.4 is 4.90 Å². The van der Waals surface area contributed by atoms with Crippen LogP contribution in [0.4, 0.5) is 5.95 Å². The zero-order valence-electron chi connectivity index (χ0n) is 12.8. The van der Waals surface area contributed by atoms with Gasteiger partial charge in [0, 0.05) is 26.2 Å². The van der Waals surface area contributed by atoms with Crippen molar-refractivity contribution >= 4 is 23.7 Å². The van der Waals surface area contributed by atoms with Crippen LogP contribution in [0.5, 0.6) is 0 Å². The van der Waals surface area contributed by atoms with E-state index >= 15 is 0 Å². The Bertz CT molecular complexity index is 489. The molecular weight excluding hydrogens is 290 g/mol. The molecule has 0 aromatic carbocycles. The fraction of sp³-hybridized carbons (Fsp3) is 0.769. The number of rotatable bonds is 7. The summed E-state index contributed by atoms with van der Waals surface area (Å²) in [6, 6.07) is 0.562. The van der Waals surface area contributed by atoms with E-state index < -0.39 is 5.97 Å². The van der Waals surface area contributed by atoms with Crippen LogP contribution in [-0.4, -0.2) is 68.7 Å². The van der Waals surface area contributed by atoms with Crippen LogP contribution in [0.1, 0.15) is 20.3 Å². The third-order valence-electron chi connectivity index (χ3n) is 3.91. The molecule has 1 N–H and O–H groups in total. The van der Waals surface area contributed by atoms with E-state index in [9.17, 15) is 4.79 Å². The highest BCUT2D eigenvalue weighted by Gasteiger charge is 2.29. The van der Waals surface area contributed by atoms with Gasteiger partial charge in [-0.05, 0) is 19.5 Å². The van der Waals surface area contributed by atoms with Crippen molar-refractivity contribution in [1.82, 2.24) is 19.7 Å². The molecule has 2 heterocycles. The molecule has 1 aromatic heterocycles. The molecule has 1 aliphatic rings. The number of nitrogens with zero attached hydrogens (tertiary/aromatic N) is 5. The molecule has 7 nitrogen and oxygen atoms in total. The zero-order valence-corrected chi connectivity index (χ0v) is 13.6. The minimum absolute atomic E-state index is 0.00798. The Morgan fingerprint density at radius 2 is 2.14 bits per heavy atom. The smallest absolute Gasteiger partial charge is 0.313 e.